The summed E-state index contributed by atoms with van der Waals surface area (Å²) in [5.74, 6) is -0.869. The van der Waals surface area contributed by atoms with Crippen molar-refractivity contribution >= 4 is 59.7 Å². The topological polar surface area (TPSA) is 116 Å². The standard InChI is InChI=1S/C11H6BrClN2O6S2/c1-21-11(16)7-3-8(10(22-7)15(17)18)23(19,20)5-2-6(13)9(12)14-4-5/h2-4H,1H3. The Morgan fingerprint density at radius 3 is 2.65 bits per heavy atom. The molecular weight excluding hydrogens is 436 g/mol. The molecule has 23 heavy (non-hydrogen) atoms. The SMILES string of the molecule is COC(=O)c1cc(S(=O)(=O)c2cnc(Br)c(Cl)c2)c([N+](=O)[O-])s1. The number of carbonyl (C=O) groups excluding carboxylic acids is 1. The fraction of sp³-hybridized carbons (Fsp3) is 0.0909. The maximum absolute atomic E-state index is 12.6. The molecule has 0 atom stereocenters. The molecule has 0 saturated heterocycles. The summed E-state index contributed by atoms with van der Waals surface area (Å²) in [6.07, 6.45) is 1.00. The average molecular weight is 442 g/mol. The molecule has 0 fully saturated rings. The minimum absolute atomic E-state index is 0.0251. The highest BCUT2D eigenvalue weighted by Crippen LogP contribution is 2.38. The Morgan fingerprint density at radius 1 is 1.48 bits per heavy atom. The monoisotopic (exact) mass is 440 g/mol. The summed E-state index contributed by atoms with van der Waals surface area (Å²) in [5, 5.41) is 10.4. The molecule has 0 unspecified atom stereocenters. The summed E-state index contributed by atoms with van der Waals surface area (Å²) in [4.78, 5) is 24.3. The number of pyridine rings is 1. The van der Waals surface area contributed by atoms with Crippen LogP contribution in [0.4, 0.5) is 5.00 Å². The lowest BCUT2D eigenvalue weighted by atomic mass is 10.5. The maximum atomic E-state index is 12.6. The molecule has 2 aromatic heterocycles. The smallest absolute Gasteiger partial charge is 0.348 e. The number of rotatable bonds is 4. The summed E-state index contributed by atoms with van der Waals surface area (Å²) < 4.78 is 29.8. The molecule has 0 aliphatic heterocycles. The number of sulfone groups is 1. The van der Waals surface area contributed by atoms with E-state index >= 15 is 0 Å². The molecule has 0 saturated carbocycles. The number of esters is 1. The van der Waals surface area contributed by atoms with Crippen molar-refractivity contribution in [2.45, 2.75) is 9.79 Å². The van der Waals surface area contributed by atoms with Gasteiger partial charge in [0.1, 0.15) is 9.48 Å². The first-order valence-electron chi connectivity index (χ1n) is 5.61. The molecular formula is C11H6BrClN2O6S2. The van der Waals surface area contributed by atoms with Crippen molar-refractivity contribution in [2.75, 3.05) is 7.11 Å². The lowest BCUT2D eigenvalue weighted by Gasteiger charge is -2.03. The molecule has 0 aliphatic carbocycles. The van der Waals surface area contributed by atoms with Crippen molar-refractivity contribution in [2.24, 2.45) is 0 Å². The number of thiophene rings is 1. The van der Waals surface area contributed by atoms with Gasteiger partial charge in [0.25, 0.3) is 0 Å². The van der Waals surface area contributed by atoms with Gasteiger partial charge in [0.2, 0.25) is 9.84 Å². The first-order valence-corrected chi connectivity index (χ1v) is 9.08. The van der Waals surface area contributed by atoms with Crippen LogP contribution >= 0.6 is 38.9 Å². The second-order valence-electron chi connectivity index (χ2n) is 3.98. The third-order valence-electron chi connectivity index (χ3n) is 2.60. The van der Waals surface area contributed by atoms with E-state index in [1.807, 2.05) is 0 Å². The molecule has 0 aromatic carbocycles. The van der Waals surface area contributed by atoms with Gasteiger partial charge in [0, 0.05) is 6.20 Å². The number of nitrogens with zero attached hydrogens (tertiary/aromatic N) is 2. The summed E-state index contributed by atoms with van der Waals surface area (Å²) in [6.45, 7) is 0. The Balaban J connectivity index is 2.67. The van der Waals surface area contributed by atoms with E-state index in [2.05, 4.69) is 25.7 Å². The summed E-state index contributed by atoms with van der Waals surface area (Å²) in [7, 11) is -3.20. The second-order valence-corrected chi connectivity index (χ2v) is 8.08. The largest absolute Gasteiger partial charge is 0.465 e. The van der Waals surface area contributed by atoms with Crippen LogP contribution in [0.15, 0.2) is 32.7 Å². The number of methoxy groups -OCH3 is 1. The molecule has 0 bridgehead atoms. The second kappa shape index (κ2) is 6.51. The van der Waals surface area contributed by atoms with Crippen molar-refractivity contribution in [3.8, 4) is 0 Å². The third kappa shape index (κ3) is 3.37. The average Bonchev–Trinajstić information content (AvgIpc) is 2.95. The van der Waals surface area contributed by atoms with E-state index < -0.39 is 30.6 Å². The van der Waals surface area contributed by atoms with Crippen LogP contribution in [0.1, 0.15) is 9.67 Å². The van der Waals surface area contributed by atoms with Crippen LogP contribution < -0.4 is 0 Å². The fourth-order valence-electron chi connectivity index (χ4n) is 1.56. The highest BCUT2D eigenvalue weighted by molar-refractivity contribution is 9.10. The maximum Gasteiger partial charge on any atom is 0.348 e. The van der Waals surface area contributed by atoms with E-state index in [1.165, 1.54) is 0 Å². The lowest BCUT2D eigenvalue weighted by Crippen LogP contribution is -2.04. The Morgan fingerprint density at radius 2 is 2.13 bits per heavy atom. The number of hydrogen-bond acceptors (Lipinski definition) is 8. The highest BCUT2D eigenvalue weighted by Gasteiger charge is 2.33. The van der Waals surface area contributed by atoms with Crippen molar-refractivity contribution < 1.29 is 22.9 Å². The Labute approximate surface area is 147 Å². The lowest BCUT2D eigenvalue weighted by molar-refractivity contribution is -0.383. The minimum Gasteiger partial charge on any atom is -0.465 e. The van der Waals surface area contributed by atoms with Gasteiger partial charge in [-0.3, -0.25) is 10.1 Å². The van der Waals surface area contributed by atoms with Crippen LogP contribution in [0.2, 0.25) is 5.02 Å². The highest BCUT2D eigenvalue weighted by atomic mass is 79.9. The van der Waals surface area contributed by atoms with E-state index in [-0.39, 0.29) is 19.4 Å². The van der Waals surface area contributed by atoms with E-state index in [0.717, 1.165) is 25.4 Å². The zero-order valence-electron chi connectivity index (χ0n) is 11.1. The predicted octanol–water partition coefficient (Wildman–Crippen LogP) is 3.09. The third-order valence-corrected chi connectivity index (χ3v) is 6.68. The van der Waals surface area contributed by atoms with Crippen LogP contribution in [0.25, 0.3) is 0 Å². The quantitative estimate of drug-likeness (QED) is 0.310. The summed E-state index contributed by atoms with van der Waals surface area (Å²) in [6, 6.07) is 2.01. The van der Waals surface area contributed by atoms with Gasteiger partial charge in [-0.2, -0.15) is 0 Å². The molecule has 122 valence electrons. The minimum atomic E-state index is -4.28. The van der Waals surface area contributed by atoms with Gasteiger partial charge in [-0.15, -0.1) is 0 Å². The number of carbonyl (C=O) groups is 1. The van der Waals surface area contributed by atoms with Crippen LogP contribution in [0.5, 0.6) is 0 Å². The molecule has 0 aliphatic rings. The summed E-state index contributed by atoms with van der Waals surface area (Å²) in [5.41, 5.74) is 0. The Bertz CT molecular complexity index is 911. The fourth-order valence-corrected chi connectivity index (χ4v) is 4.62. The first kappa shape index (κ1) is 17.8. The van der Waals surface area contributed by atoms with Gasteiger partial charge in [-0.05, 0) is 28.1 Å². The van der Waals surface area contributed by atoms with Gasteiger partial charge < -0.3 is 4.74 Å². The molecule has 0 spiro atoms. The van der Waals surface area contributed by atoms with Gasteiger partial charge in [0.05, 0.1) is 22.0 Å². The molecule has 0 radical (unpaired) electrons. The number of halogens is 2. The Hall–Kier alpha value is -1.56. The predicted molar refractivity (Wildman–Crippen MR) is 84.7 cm³/mol. The Kier molecular flexibility index (Phi) is 5.04. The van der Waals surface area contributed by atoms with Crippen LogP contribution in [0.3, 0.4) is 0 Å². The van der Waals surface area contributed by atoms with Gasteiger partial charge in [-0.25, -0.2) is 18.2 Å². The van der Waals surface area contributed by atoms with Crippen molar-refractivity contribution in [1.29, 1.82) is 0 Å². The number of nitro groups is 1. The molecule has 0 amide bonds. The van der Waals surface area contributed by atoms with E-state index in [0.29, 0.717) is 11.3 Å². The number of hydrogen-bond donors (Lipinski definition) is 0. The van der Waals surface area contributed by atoms with Crippen LogP contribution in [-0.2, 0) is 14.6 Å². The van der Waals surface area contributed by atoms with Crippen LogP contribution in [0, 0.1) is 10.1 Å². The van der Waals surface area contributed by atoms with Gasteiger partial charge in [0.15, 0.2) is 4.90 Å². The van der Waals surface area contributed by atoms with E-state index in [1.54, 1.807) is 0 Å². The molecule has 8 nitrogen and oxygen atoms in total. The number of aromatic nitrogens is 1. The molecule has 2 rings (SSSR count). The van der Waals surface area contributed by atoms with E-state index in [9.17, 15) is 23.3 Å². The molecule has 12 heteroatoms. The van der Waals surface area contributed by atoms with Gasteiger partial charge >= 0.3 is 11.0 Å². The van der Waals surface area contributed by atoms with Crippen molar-refractivity contribution in [3.63, 3.8) is 0 Å². The zero-order valence-corrected chi connectivity index (χ0v) is 15.1. The normalized spacial score (nSPS) is 11.3. The summed E-state index contributed by atoms with van der Waals surface area (Å²) >= 11 is 9.24. The van der Waals surface area contributed by atoms with Gasteiger partial charge in [-0.1, -0.05) is 22.9 Å². The van der Waals surface area contributed by atoms with Crippen LogP contribution in [-0.4, -0.2) is 31.4 Å². The van der Waals surface area contributed by atoms with E-state index in [4.69, 9.17) is 11.6 Å². The van der Waals surface area contributed by atoms with Crippen molar-refractivity contribution in [3.05, 3.63) is 42.9 Å². The first-order chi connectivity index (χ1) is 10.7. The molecule has 2 aromatic rings. The zero-order chi connectivity index (χ0) is 17.4. The molecule has 0 N–H and O–H groups in total. The molecule has 2 heterocycles. The van der Waals surface area contributed by atoms with Crippen molar-refractivity contribution in [1.82, 2.24) is 4.98 Å². The number of ether oxygens (including phenoxy) is 1.